The minimum atomic E-state index is -1.76. The standard InChI is InChI=1S/C46H72O18/c1-20-9-14-45(57-18-20)22(3)46(55)31(64-45)16-28-26-8-7-24-15-25(10-12-43(24,5)27(26)11-13-44(28,46)6)60-42-39(63-41-38(59-23(4)48)35(53)32(50)21(2)58-41)37(34(52)30(17-47)61-42)62-40-36(54)33(51)29(49)19-56-40/h7,20-22,25-42,47,49-55H,8-19H2,1-6H3/t20?,21?,22?,25?,26?,27?,28?,29-,30?,31?,32-,33-,34-,35-,36-,37-,38-,39-,40?,41?,42?,43?,44?,45?,46?/m0/s1. The first-order valence-electron chi connectivity index (χ1n) is 23.7. The van der Waals surface area contributed by atoms with Crippen LogP contribution in [0.1, 0.15) is 99.3 Å². The Morgan fingerprint density at radius 1 is 0.797 bits per heavy atom. The lowest BCUT2D eigenvalue weighted by Gasteiger charge is -2.60. The maximum Gasteiger partial charge on any atom is 0.303 e. The predicted octanol–water partition coefficient (Wildman–Crippen LogP) is 0.539. The first kappa shape index (κ1) is 47.6. The van der Waals surface area contributed by atoms with Gasteiger partial charge in [-0.2, -0.15) is 0 Å². The molecule has 0 aromatic heterocycles. The molecule has 364 valence electrons. The van der Waals surface area contributed by atoms with Crippen molar-refractivity contribution < 1.29 is 88.3 Å². The number of hydrogen-bond acceptors (Lipinski definition) is 18. The number of aliphatic hydroxyl groups excluding tert-OH is 7. The van der Waals surface area contributed by atoms with E-state index in [9.17, 15) is 45.6 Å². The van der Waals surface area contributed by atoms with Crippen molar-refractivity contribution in [1.29, 1.82) is 0 Å². The lowest BCUT2D eigenvalue weighted by molar-refractivity contribution is -0.390. The molecular weight excluding hydrogens is 840 g/mol. The van der Waals surface area contributed by atoms with Gasteiger partial charge in [-0.1, -0.05) is 39.3 Å². The second-order valence-electron chi connectivity index (χ2n) is 21.3. The van der Waals surface area contributed by atoms with Crippen molar-refractivity contribution in [3.8, 4) is 0 Å². The molecule has 18 nitrogen and oxygen atoms in total. The summed E-state index contributed by atoms with van der Waals surface area (Å²) in [6.07, 6.45) is -12.0. The summed E-state index contributed by atoms with van der Waals surface area (Å²) in [6.45, 7) is 11.2. The fraction of sp³-hybridized carbons (Fsp3) is 0.935. The number of esters is 1. The van der Waals surface area contributed by atoms with Crippen LogP contribution in [0.15, 0.2) is 11.6 Å². The normalized spacial score (nSPS) is 56.1. The third kappa shape index (κ3) is 7.56. The lowest BCUT2D eigenvalue weighted by atomic mass is 9.46. The third-order valence-electron chi connectivity index (χ3n) is 17.8. The molecule has 0 aromatic carbocycles. The summed E-state index contributed by atoms with van der Waals surface area (Å²) in [4.78, 5) is 12.2. The smallest absolute Gasteiger partial charge is 0.303 e. The Kier molecular flexibility index (Phi) is 13.0. The molecule has 0 bridgehead atoms. The largest absolute Gasteiger partial charge is 0.454 e. The van der Waals surface area contributed by atoms with Crippen molar-refractivity contribution in [2.24, 2.45) is 40.4 Å². The SMILES string of the molecule is CC(=O)O[C@@H]1C(O[C@@H]2C(OC3CCC4(C)C(=CCC5C4CCC4(C)C5CC5OC6(CCC(C)CO6)C(C)C54O)C3)OC(CO)[C@H](O)[C@@H]2OC2OC[C@H](O)[C@H](O)[C@@H]2O)OC(C)[C@H](O)[C@@H]1O. The number of carbonyl (C=O) groups is 1. The van der Waals surface area contributed by atoms with E-state index in [1.807, 2.05) is 0 Å². The van der Waals surface area contributed by atoms with Gasteiger partial charge in [0.2, 0.25) is 0 Å². The van der Waals surface area contributed by atoms with Gasteiger partial charge in [-0.25, -0.2) is 0 Å². The van der Waals surface area contributed by atoms with Crippen molar-refractivity contribution in [1.82, 2.24) is 0 Å². The summed E-state index contributed by atoms with van der Waals surface area (Å²) in [5, 5.41) is 88.1. The fourth-order valence-corrected chi connectivity index (χ4v) is 14.0. The molecule has 0 radical (unpaired) electrons. The molecule has 5 aliphatic heterocycles. The molecule has 0 amide bonds. The summed E-state index contributed by atoms with van der Waals surface area (Å²) in [7, 11) is 0. The average molecular weight is 913 g/mol. The van der Waals surface area contributed by atoms with E-state index in [1.165, 1.54) is 12.5 Å². The van der Waals surface area contributed by atoms with Crippen molar-refractivity contribution in [3.63, 3.8) is 0 Å². The maximum absolute atomic E-state index is 12.8. The number of allylic oxidation sites excluding steroid dienone is 1. The van der Waals surface area contributed by atoms with E-state index in [-0.39, 0.29) is 28.8 Å². The van der Waals surface area contributed by atoms with Gasteiger partial charge < -0.3 is 83.5 Å². The highest BCUT2D eigenvalue weighted by Crippen LogP contribution is 2.72. The average Bonchev–Trinajstić information content (AvgIpc) is 3.62. The molecule has 0 aromatic rings. The summed E-state index contributed by atoms with van der Waals surface area (Å²) in [5.74, 6) is -0.201. The van der Waals surface area contributed by atoms with Crippen LogP contribution in [-0.2, 0) is 47.4 Å². The quantitative estimate of drug-likeness (QED) is 0.122. The van der Waals surface area contributed by atoms with E-state index in [2.05, 4.69) is 33.8 Å². The second-order valence-corrected chi connectivity index (χ2v) is 21.3. The van der Waals surface area contributed by atoms with Crippen LogP contribution in [-0.4, -0.2) is 176 Å². The highest BCUT2D eigenvalue weighted by atomic mass is 16.8. The number of hydrogen-bond donors (Lipinski definition) is 8. The Bertz CT molecular complexity index is 1730. The van der Waals surface area contributed by atoms with Gasteiger partial charge in [0.25, 0.3) is 0 Å². The van der Waals surface area contributed by atoms with E-state index in [4.69, 9.17) is 42.6 Å². The molecule has 9 aliphatic rings. The van der Waals surface area contributed by atoms with Gasteiger partial charge in [-0.3, -0.25) is 4.79 Å². The van der Waals surface area contributed by atoms with E-state index < -0.39 is 123 Å². The molecule has 64 heavy (non-hydrogen) atoms. The van der Waals surface area contributed by atoms with Crippen molar-refractivity contribution in [3.05, 3.63) is 11.6 Å². The summed E-state index contributed by atoms with van der Waals surface area (Å²) < 4.78 is 55.8. The molecule has 18 heteroatoms. The van der Waals surface area contributed by atoms with E-state index in [0.717, 1.165) is 51.9 Å². The van der Waals surface area contributed by atoms with Gasteiger partial charge in [0.1, 0.15) is 60.5 Å². The van der Waals surface area contributed by atoms with E-state index >= 15 is 0 Å². The van der Waals surface area contributed by atoms with Crippen molar-refractivity contribution in [2.45, 2.75) is 209 Å². The Hall–Kier alpha value is -1.43. The zero-order valence-corrected chi connectivity index (χ0v) is 37.8. The second kappa shape index (κ2) is 17.5. The maximum atomic E-state index is 12.8. The van der Waals surface area contributed by atoms with Gasteiger partial charge in [0.15, 0.2) is 30.8 Å². The Morgan fingerprint density at radius 2 is 1.53 bits per heavy atom. The highest BCUT2D eigenvalue weighted by Gasteiger charge is 2.76. The summed E-state index contributed by atoms with van der Waals surface area (Å²) in [5.41, 5.74) is -0.186. The fourth-order valence-electron chi connectivity index (χ4n) is 14.0. The molecule has 8 N–H and O–H groups in total. The molecule has 5 saturated heterocycles. The van der Waals surface area contributed by atoms with Crippen LogP contribution in [0, 0.1) is 40.4 Å². The molecule has 25 atom stereocenters. The molecule has 8 fully saturated rings. The first-order valence-corrected chi connectivity index (χ1v) is 23.7. The number of aliphatic hydroxyl groups is 8. The number of fused-ring (bicyclic) bond motifs is 7. The molecule has 1 spiro atoms. The van der Waals surface area contributed by atoms with Gasteiger partial charge in [0, 0.05) is 24.7 Å². The van der Waals surface area contributed by atoms with Crippen LogP contribution >= 0.6 is 0 Å². The van der Waals surface area contributed by atoms with Crippen LogP contribution in [0.25, 0.3) is 0 Å². The van der Waals surface area contributed by atoms with Gasteiger partial charge in [-0.15, -0.1) is 0 Å². The van der Waals surface area contributed by atoms with Crippen molar-refractivity contribution in [2.75, 3.05) is 19.8 Å². The van der Waals surface area contributed by atoms with Gasteiger partial charge >= 0.3 is 5.97 Å². The highest BCUT2D eigenvalue weighted by molar-refractivity contribution is 5.66. The first-order chi connectivity index (χ1) is 30.3. The number of ether oxygens (including phenoxy) is 9. The molecule has 3 saturated carbocycles. The molecule has 5 heterocycles. The Balaban J connectivity index is 0.957. The van der Waals surface area contributed by atoms with Gasteiger partial charge in [0.05, 0.1) is 38.1 Å². The molecule has 4 aliphatic carbocycles. The minimum absolute atomic E-state index is 0.139. The Labute approximate surface area is 374 Å². The molecular formula is C46H72O18. The third-order valence-corrected chi connectivity index (χ3v) is 17.8. The summed E-state index contributed by atoms with van der Waals surface area (Å²) in [6, 6.07) is 0. The van der Waals surface area contributed by atoms with E-state index in [1.54, 1.807) is 0 Å². The zero-order chi connectivity index (χ0) is 45.8. The van der Waals surface area contributed by atoms with Gasteiger partial charge in [-0.05, 0) is 87.4 Å². The lowest BCUT2D eigenvalue weighted by Crippen LogP contribution is -2.66. The molecule has 9 rings (SSSR count). The monoisotopic (exact) mass is 912 g/mol. The predicted molar refractivity (Wildman–Crippen MR) is 219 cm³/mol. The zero-order valence-electron chi connectivity index (χ0n) is 37.8. The van der Waals surface area contributed by atoms with Crippen LogP contribution < -0.4 is 0 Å². The topological polar surface area (TPSA) is 262 Å². The summed E-state index contributed by atoms with van der Waals surface area (Å²) >= 11 is 0. The molecule has 16 unspecified atom stereocenters. The number of carbonyl (C=O) groups excluding carboxylic acids is 1. The van der Waals surface area contributed by atoms with Crippen LogP contribution in [0.5, 0.6) is 0 Å². The van der Waals surface area contributed by atoms with Crippen LogP contribution in [0.3, 0.4) is 0 Å². The van der Waals surface area contributed by atoms with E-state index in [0.29, 0.717) is 37.2 Å². The van der Waals surface area contributed by atoms with Crippen LogP contribution in [0.2, 0.25) is 0 Å². The van der Waals surface area contributed by atoms with Crippen molar-refractivity contribution >= 4 is 5.97 Å². The number of rotatable bonds is 8. The minimum Gasteiger partial charge on any atom is -0.454 e. The van der Waals surface area contributed by atoms with Crippen LogP contribution in [0.4, 0.5) is 0 Å². The Morgan fingerprint density at radius 3 is 2.23 bits per heavy atom.